The van der Waals surface area contributed by atoms with E-state index in [1.807, 2.05) is 24.3 Å². The Kier molecular flexibility index (Phi) is 5.89. The van der Waals surface area contributed by atoms with Gasteiger partial charge in [0.15, 0.2) is 0 Å². The van der Waals surface area contributed by atoms with Crippen molar-refractivity contribution in [3.63, 3.8) is 0 Å². The van der Waals surface area contributed by atoms with Gasteiger partial charge in [0.1, 0.15) is 12.0 Å². The van der Waals surface area contributed by atoms with Gasteiger partial charge in [0.05, 0.1) is 5.41 Å². The molecule has 2 fully saturated rings. The molecule has 2 aromatic carbocycles. The average Bonchev–Trinajstić information content (AvgIpc) is 3.28. The van der Waals surface area contributed by atoms with Crippen LogP contribution in [0.3, 0.4) is 0 Å². The lowest BCUT2D eigenvalue weighted by atomic mass is 9.83. The van der Waals surface area contributed by atoms with E-state index in [0.717, 1.165) is 5.56 Å². The molecule has 2 saturated heterocycles. The van der Waals surface area contributed by atoms with Gasteiger partial charge in [-0.1, -0.05) is 35.9 Å². The molecule has 8 heteroatoms. The molecule has 0 N–H and O–H groups in total. The van der Waals surface area contributed by atoms with Gasteiger partial charge < -0.3 is 14.5 Å². The Bertz CT molecular complexity index is 1030. The monoisotopic (exact) mass is 439 g/mol. The Morgan fingerprint density at radius 2 is 2.03 bits per heavy atom. The molecule has 5 nitrogen and oxygen atoms in total. The van der Waals surface area contributed by atoms with Crippen LogP contribution in [0.15, 0.2) is 42.5 Å². The van der Waals surface area contributed by atoms with Crippen molar-refractivity contribution in [3.05, 3.63) is 58.9 Å². The van der Waals surface area contributed by atoms with E-state index in [1.54, 1.807) is 11.0 Å². The maximum atomic E-state index is 14.2. The highest BCUT2D eigenvalue weighted by molar-refractivity contribution is 6.66. The minimum Gasteiger partial charge on any atom is -0.379 e. The van der Waals surface area contributed by atoms with Crippen LogP contribution in [0.2, 0.25) is 5.02 Å². The van der Waals surface area contributed by atoms with E-state index in [-0.39, 0.29) is 23.7 Å². The first-order chi connectivity index (χ1) is 14.8. The highest BCUT2D eigenvalue weighted by Crippen LogP contribution is 2.44. The lowest BCUT2D eigenvalue weighted by Gasteiger charge is -2.23. The number of rotatable bonds is 5. The molecule has 4 rings (SSSR count). The van der Waals surface area contributed by atoms with Gasteiger partial charge in [-0.2, -0.15) is 0 Å². The largest absolute Gasteiger partial charge is 0.379 e. The number of carbonyl (C=O) groups is 3. The van der Waals surface area contributed by atoms with Crippen LogP contribution in [-0.2, 0) is 20.8 Å². The van der Waals surface area contributed by atoms with Crippen molar-refractivity contribution in [1.82, 2.24) is 9.71 Å². The van der Waals surface area contributed by atoms with E-state index < -0.39 is 5.41 Å². The number of nitrogens with zero attached hydrogens (tertiary/aromatic N) is 2. The summed E-state index contributed by atoms with van der Waals surface area (Å²) in [7, 11) is 1.30. The van der Waals surface area contributed by atoms with Gasteiger partial charge in [0.2, 0.25) is 11.8 Å². The van der Waals surface area contributed by atoms with Crippen molar-refractivity contribution < 1.29 is 18.8 Å². The topological polar surface area (TPSA) is 57.7 Å². The molecule has 1 radical (unpaired) electrons. The Balaban J connectivity index is 1.54. The van der Waals surface area contributed by atoms with E-state index in [9.17, 15) is 18.8 Å². The SMILES string of the molecule is CC(=O)N1CCC2(C[C@@H](Cc3ccc(-c4cc(Cl)ccc4F)cc3)N([B]C=O)C2=O)C1. The Morgan fingerprint density at radius 1 is 1.29 bits per heavy atom. The second-order valence-electron chi connectivity index (χ2n) is 8.35. The summed E-state index contributed by atoms with van der Waals surface area (Å²) >= 11 is 6.00. The summed E-state index contributed by atoms with van der Waals surface area (Å²) in [4.78, 5) is 39.3. The molecule has 1 spiro atoms. The third-order valence-electron chi connectivity index (χ3n) is 6.39. The van der Waals surface area contributed by atoms with Gasteiger partial charge in [0.25, 0.3) is 0 Å². The first kappa shape index (κ1) is 21.6. The highest BCUT2D eigenvalue weighted by Gasteiger charge is 2.54. The number of hydrogen-bond donors (Lipinski definition) is 0. The fourth-order valence-electron chi connectivity index (χ4n) is 4.80. The molecule has 159 valence electrons. The van der Waals surface area contributed by atoms with E-state index in [4.69, 9.17) is 11.6 Å². The number of benzene rings is 2. The molecule has 2 amide bonds. The molecule has 0 aromatic heterocycles. The quantitative estimate of drug-likeness (QED) is 0.530. The van der Waals surface area contributed by atoms with Crippen molar-refractivity contribution in [2.24, 2.45) is 5.41 Å². The summed E-state index contributed by atoms with van der Waals surface area (Å²) in [6, 6.07) is 11.7. The summed E-state index contributed by atoms with van der Waals surface area (Å²) in [6.07, 6.45) is 2.39. The molecule has 2 atom stereocenters. The van der Waals surface area contributed by atoms with Crippen molar-refractivity contribution in [3.8, 4) is 11.1 Å². The summed E-state index contributed by atoms with van der Waals surface area (Å²) in [5, 5.41) is 0.464. The third kappa shape index (κ3) is 4.11. The van der Waals surface area contributed by atoms with E-state index in [0.29, 0.717) is 54.7 Å². The molecule has 2 heterocycles. The number of amides is 2. The summed E-state index contributed by atoms with van der Waals surface area (Å²) < 4.78 is 14.2. The van der Waals surface area contributed by atoms with E-state index in [1.165, 1.54) is 31.3 Å². The molecular weight excluding hydrogens is 418 g/mol. The molecule has 31 heavy (non-hydrogen) atoms. The third-order valence-corrected chi connectivity index (χ3v) is 6.63. The summed E-state index contributed by atoms with van der Waals surface area (Å²) in [5.74, 6) is -0.475. The minimum absolute atomic E-state index is 0.0390. The fraction of sp³-hybridized carbons (Fsp3) is 0.348. The highest BCUT2D eigenvalue weighted by atomic mass is 35.5. The number of carbonyl (C=O) groups excluding carboxylic acids is 3. The Morgan fingerprint density at radius 3 is 2.68 bits per heavy atom. The van der Waals surface area contributed by atoms with Crippen molar-refractivity contribution in [1.29, 1.82) is 0 Å². The van der Waals surface area contributed by atoms with E-state index in [2.05, 4.69) is 0 Å². The van der Waals surface area contributed by atoms with Gasteiger partial charge >= 0.3 is 7.41 Å². The van der Waals surface area contributed by atoms with Crippen LogP contribution in [0.5, 0.6) is 0 Å². The van der Waals surface area contributed by atoms with E-state index >= 15 is 0 Å². The van der Waals surface area contributed by atoms with Gasteiger partial charge in [-0.25, -0.2) is 4.39 Å². The number of hydrogen-bond acceptors (Lipinski definition) is 3. The first-order valence-corrected chi connectivity index (χ1v) is 10.6. The van der Waals surface area contributed by atoms with Gasteiger partial charge in [-0.05, 0) is 48.6 Å². The van der Waals surface area contributed by atoms with Crippen LogP contribution < -0.4 is 0 Å². The zero-order valence-corrected chi connectivity index (χ0v) is 17.9. The normalized spacial score (nSPS) is 22.9. The van der Waals surface area contributed by atoms with Crippen molar-refractivity contribution in [2.45, 2.75) is 32.2 Å². The number of halogens is 2. The first-order valence-electron chi connectivity index (χ1n) is 10.2. The smallest absolute Gasteiger partial charge is 0.331 e. The Labute approximate surface area is 186 Å². The molecule has 2 aliphatic rings. The predicted molar refractivity (Wildman–Crippen MR) is 118 cm³/mol. The maximum Gasteiger partial charge on any atom is 0.331 e. The molecule has 0 bridgehead atoms. The lowest BCUT2D eigenvalue weighted by molar-refractivity contribution is -0.133. The van der Waals surface area contributed by atoms with Crippen LogP contribution in [0, 0.1) is 11.2 Å². The number of likely N-dealkylation sites (tertiary alicyclic amines) is 1. The van der Waals surface area contributed by atoms with Gasteiger partial charge in [-0.15, -0.1) is 0 Å². The minimum atomic E-state index is -0.625. The zero-order chi connectivity index (χ0) is 22.2. The maximum absolute atomic E-state index is 14.2. The van der Waals surface area contributed by atoms with Gasteiger partial charge in [0, 0.05) is 36.6 Å². The van der Waals surface area contributed by atoms with Crippen LogP contribution in [0.1, 0.15) is 25.3 Å². The van der Waals surface area contributed by atoms with Gasteiger partial charge in [-0.3, -0.25) is 9.59 Å². The molecular formula is C23H22BClFN2O3. The molecule has 0 saturated carbocycles. The molecule has 1 unspecified atom stereocenters. The second kappa shape index (κ2) is 8.46. The summed E-state index contributed by atoms with van der Waals surface area (Å²) in [5.41, 5.74) is 1.50. The molecule has 2 aliphatic heterocycles. The second-order valence-corrected chi connectivity index (χ2v) is 8.79. The Hall–Kier alpha value is -2.67. The predicted octanol–water partition coefficient (Wildman–Crippen LogP) is 3.34. The van der Waals surface area contributed by atoms with Crippen molar-refractivity contribution >= 4 is 37.0 Å². The molecule has 0 aliphatic carbocycles. The van der Waals surface area contributed by atoms with Crippen LogP contribution >= 0.6 is 11.6 Å². The lowest BCUT2D eigenvalue weighted by Crippen LogP contribution is -2.42. The standard InChI is InChI=1S/C23H22BClFN2O3/c1-15(30)27-9-8-23(13-27)12-19(28(22(23)31)24-14-29)10-16-2-4-17(5-3-16)20-11-18(25)6-7-21(20)26/h2-7,11,14,19H,8-10,12-13H2,1H3/t19-,23?/m1/s1. The fourth-order valence-corrected chi connectivity index (χ4v) is 4.97. The van der Waals surface area contributed by atoms with Crippen LogP contribution in [0.4, 0.5) is 4.39 Å². The average molecular weight is 440 g/mol. The molecule has 2 aromatic rings. The zero-order valence-electron chi connectivity index (χ0n) is 17.2. The van der Waals surface area contributed by atoms with Crippen LogP contribution in [0.25, 0.3) is 11.1 Å². The van der Waals surface area contributed by atoms with Crippen molar-refractivity contribution in [2.75, 3.05) is 13.1 Å². The van der Waals surface area contributed by atoms with Crippen LogP contribution in [-0.4, -0.2) is 54.3 Å². The summed E-state index contributed by atoms with van der Waals surface area (Å²) in [6.45, 7) is 2.46.